The predicted octanol–water partition coefficient (Wildman–Crippen LogP) is 0.351. The fourth-order valence-corrected chi connectivity index (χ4v) is 0.934. The van der Waals surface area contributed by atoms with E-state index < -0.39 is 12.1 Å². The highest BCUT2D eigenvalue weighted by Gasteiger charge is 2.13. The van der Waals surface area contributed by atoms with Crippen molar-refractivity contribution in [2.45, 2.75) is 19.4 Å². The molecule has 0 saturated heterocycles. The van der Waals surface area contributed by atoms with Crippen molar-refractivity contribution in [1.82, 2.24) is 10.6 Å². The highest BCUT2D eigenvalue weighted by Crippen LogP contribution is 1.95. The lowest BCUT2D eigenvalue weighted by Gasteiger charge is -2.14. The summed E-state index contributed by atoms with van der Waals surface area (Å²) < 4.78 is 4.90. The van der Waals surface area contributed by atoms with Gasteiger partial charge in [-0.3, -0.25) is 4.79 Å². The van der Waals surface area contributed by atoms with Crippen LogP contribution in [0, 0.1) is 0 Å². The summed E-state index contributed by atoms with van der Waals surface area (Å²) in [7, 11) is 1.40. The number of amides is 2. The van der Waals surface area contributed by atoms with Gasteiger partial charge in [0, 0.05) is 20.2 Å². The number of methoxy groups -OCH3 is 1. The van der Waals surface area contributed by atoms with E-state index >= 15 is 0 Å². The van der Waals surface area contributed by atoms with Crippen molar-refractivity contribution in [3.63, 3.8) is 0 Å². The number of rotatable bonds is 7. The third-order valence-electron chi connectivity index (χ3n) is 1.78. The standard InChI is InChI=1S/C10H18N2O4/c1-7(2)5-11-10(15)12-6-8(16-3)4-9(13)14/h8H,1,4-6H2,2-3H3,(H,13,14)(H2,11,12,15). The van der Waals surface area contributed by atoms with Crippen LogP contribution in [-0.4, -0.2) is 43.4 Å². The number of carbonyl (C=O) groups excluding carboxylic acids is 1. The average molecular weight is 230 g/mol. The molecule has 6 heteroatoms. The summed E-state index contributed by atoms with van der Waals surface area (Å²) in [4.78, 5) is 21.6. The van der Waals surface area contributed by atoms with Crippen LogP contribution in [-0.2, 0) is 9.53 Å². The normalized spacial score (nSPS) is 11.6. The first kappa shape index (κ1) is 14.4. The van der Waals surface area contributed by atoms with Crippen LogP contribution in [0.5, 0.6) is 0 Å². The van der Waals surface area contributed by atoms with Gasteiger partial charge in [0.15, 0.2) is 0 Å². The van der Waals surface area contributed by atoms with Crippen molar-refractivity contribution in [1.29, 1.82) is 0 Å². The Balaban J connectivity index is 3.79. The quantitative estimate of drug-likeness (QED) is 0.551. The molecule has 0 aliphatic heterocycles. The number of carboxylic acids is 1. The van der Waals surface area contributed by atoms with Gasteiger partial charge in [0.1, 0.15) is 0 Å². The number of urea groups is 1. The molecule has 0 aliphatic carbocycles. The third-order valence-corrected chi connectivity index (χ3v) is 1.78. The van der Waals surface area contributed by atoms with Gasteiger partial charge in [0.25, 0.3) is 0 Å². The molecule has 92 valence electrons. The van der Waals surface area contributed by atoms with Gasteiger partial charge in [-0.25, -0.2) is 4.79 Å². The second-order valence-electron chi connectivity index (χ2n) is 3.48. The first-order valence-corrected chi connectivity index (χ1v) is 4.86. The van der Waals surface area contributed by atoms with E-state index in [4.69, 9.17) is 9.84 Å². The molecule has 0 saturated carbocycles. The maximum absolute atomic E-state index is 11.2. The fraction of sp³-hybridized carbons (Fsp3) is 0.600. The van der Waals surface area contributed by atoms with E-state index in [0.29, 0.717) is 6.54 Å². The van der Waals surface area contributed by atoms with Gasteiger partial charge in [-0.2, -0.15) is 0 Å². The van der Waals surface area contributed by atoms with Crippen molar-refractivity contribution in [2.75, 3.05) is 20.2 Å². The monoisotopic (exact) mass is 230 g/mol. The van der Waals surface area contributed by atoms with Gasteiger partial charge in [-0.15, -0.1) is 0 Å². The Kier molecular flexibility index (Phi) is 6.95. The Hall–Kier alpha value is -1.56. The number of nitrogens with one attached hydrogen (secondary N) is 2. The maximum Gasteiger partial charge on any atom is 0.315 e. The Bertz CT molecular complexity index is 266. The van der Waals surface area contributed by atoms with Crippen molar-refractivity contribution >= 4 is 12.0 Å². The zero-order valence-electron chi connectivity index (χ0n) is 9.58. The molecule has 0 aromatic carbocycles. The maximum atomic E-state index is 11.2. The SMILES string of the molecule is C=C(C)CNC(=O)NCC(CC(=O)O)OC. The van der Waals surface area contributed by atoms with E-state index in [0.717, 1.165) is 5.57 Å². The second kappa shape index (κ2) is 7.70. The van der Waals surface area contributed by atoms with Crippen LogP contribution >= 0.6 is 0 Å². The molecule has 0 bridgehead atoms. The Morgan fingerprint density at radius 3 is 2.50 bits per heavy atom. The third kappa shape index (κ3) is 7.81. The van der Waals surface area contributed by atoms with Gasteiger partial charge in [0.2, 0.25) is 0 Å². The molecule has 1 atom stereocenters. The number of carboxylic acid groups (broad SMARTS) is 1. The van der Waals surface area contributed by atoms with Crippen molar-refractivity contribution in [3.05, 3.63) is 12.2 Å². The molecule has 6 nitrogen and oxygen atoms in total. The Morgan fingerprint density at radius 2 is 2.06 bits per heavy atom. The van der Waals surface area contributed by atoms with Crippen molar-refractivity contribution < 1.29 is 19.4 Å². The summed E-state index contributed by atoms with van der Waals surface area (Å²) in [5, 5.41) is 13.6. The van der Waals surface area contributed by atoms with E-state index in [1.54, 1.807) is 6.92 Å². The minimum atomic E-state index is -0.962. The summed E-state index contributed by atoms with van der Waals surface area (Å²) in [6, 6.07) is -0.365. The molecular weight excluding hydrogens is 212 g/mol. The number of hydrogen-bond donors (Lipinski definition) is 3. The van der Waals surface area contributed by atoms with Crippen LogP contribution in [0.3, 0.4) is 0 Å². The van der Waals surface area contributed by atoms with E-state index in [2.05, 4.69) is 17.2 Å². The van der Waals surface area contributed by atoms with E-state index in [-0.39, 0.29) is 19.0 Å². The largest absolute Gasteiger partial charge is 0.481 e. The molecule has 0 rings (SSSR count). The number of carbonyl (C=O) groups is 2. The molecule has 0 aromatic rings. The smallest absolute Gasteiger partial charge is 0.315 e. The van der Waals surface area contributed by atoms with E-state index in [1.807, 2.05) is 0 Å². The highest BCUT2D eigenvalue weighted by atomic mass is 16.5. The molecule has 0 radical (unpaired) electrons. The molecule has 2 amide bonds. The number of hydrogen-bond acceptors (Lipinski definition) is 3. The summed E-state index contributed by atoms with van der Waals surface area (Å²) >= 11 is 0. The van der Waals surface area contributed by atoms with E-state index in [9.17, 15) is 9.59 Å². The number of ether oxygens (including phenoxy) is 1. The lowest BCUT2D eigenvalue weighted by atomic mass is 10.2. The molecule has 3 N–H and O–H groups in total. The highest BCUT2D eigenvalue weighted by molar-refractivity contribution is 5.74. The zero-order valence-corrected chi connectivity index (χ0v) is 9.58. The summed E-state index contributed by atoms with van der Waals surface area (Å²) in [5.41, 5.74) is 0.837. The molecule has 16 heavy (non-hydrogen) atoms. The van der Waals surface area contributed by atoms with Gasteiger partial charge in [-0.1, -0.05) is 12.2 Å². The topological polar surface area (TPSA) is 87.7 Å². The zero-order chi connectivity index (χ0) is 12.6. The first-order chi connectivity index (χ1) is 7.45. The van der Waals surface area contributed by atoms with Gasteiger partial charge < -0.3 is 20.5 Å². The second-order valence-corrected chi connectivity index (χ2v) is 3.48. The Morgan fingerprint density at radius 1 is 1.44 bits per heavy atom. The molecule has 0 fully saturated rings. The molecule has 0 heterocycles. The number of aliphatic carboxylic acids is 1. The minimum absolute atomic E-state index is 0.142. The van der Waals surface area contributed by atoms with Crippen LogP contribution in [0.25, 0.3) is 0 Å². The van der Waals surface area contributed by atoms with Gasteiger partial charge >= 0.3 is 12.0 Å². The Labute approximate surface area is 94.7 Å². The van der Waals surface area contributed by atoms with Gasteiger partial charge in [0.05, 0.1) is 12.5 Å². The molecular formula is C10H18N2O4. The predicted molar refractivity (Wildman–Crippen MR) is 59.3 cm³/mol. The lowest BCUT2D eigenvalue weighted by Crippen LogP contribution is -2.41. The van der Waals surface area contributed by atoms with Crippen molar-refractivity contribution in [2.24, 2.45) is 0 Å². The summed E-state index contributed by atoms with van der Waals surface area (Å²) in [6.45, 7) is 5.98. The molecule has 0 aromatic heterocycles. The molecule has 0 aliphatic rings. The van der Waals surface area contributed by atoms with Crippen LogP contribution in [0.15, 0.2) is 12.2 Å². The molecule has 1 unspecified atom stereocenters. The first-order valence-electron chi connectivity index (χ1n) is 4.86. The summed E-state index contributed by atoms with van der Waals surface area (Å²) in [6.07, 6.45) is -0.662. The summed E-state index contributed by atoms with van der Waals surface area (Å²) in [5.74, 6) is -0.962. The van der Waals surface area contributed by atoms with Crippen LogP contribution in [0.1, 0.15) is 13.3 Å². The van der Waals surface area contributed by atoms with Crippen LogP contribution < -0.4 is 10.6 Å². The fourth-order valence-electron chi connectivity index (χ4n) is 0.934. The molecule has 0 spiro atoms. The average Bonchev–Trinajstić information content (AvgIpc) is 2.20. The van der Waals surface area contributed by atoms with Crippen molar-refractivity contribution in [3.8, 4) is 0 Å². The van der Waals surface area contributed by atoms with E-state index in [1.165, 1.54) is 7.11 Å². The lowest BCUT2D eigenvalue weighted by molar-refractivity contribution is -0.139. The van der Waals surface area contributed by atoms with Crippen LogP contribution in [0.4, 0.5) is 4.79 Å². The minimum Gasteiger partial charge on any atom is -0.481 e. The van der Waals surface area contributed by atoms with Gasteiger partial charge in [-0.05, 0) is 6.92 Å². The van der Waals surface area contributed by atoms with Crippen LogP contribution in [0.2, 0.25) is 0 Å².